The van der Waals surface area contributed by atoms with Crippen molar-refractivity contribution < 1.29 is 27.9 Å². The summed E-state index contributed by atoms with van der Waals surface area (Å²) in [6, 6.07) is 16.6. The molecule has 51 heavy (non-hydrogen) atoms. The lowest BCUT2D eigenvalue weighted by molar-refractivity contribution is -0.124. The van der Waals surface area contributed by atoms with Gasteiger partial charge in [-0.2, -0.15) is 4.31 Å². The zero-order chi connectivity index (χ0) is 36.7. The molecule has 1 unspecified atom stereocenters. The number of benzene rings is 3. The molecule has 3 heterocycles. The minimum atomic E-state index is -3.90. The second-order valence-corrected chi connectivity index (χ2v) is 15.2. The maximum atomic E-state index is 14.2. The Kier molecular flexibility index (Phi) is 9.66. The van der Waals surface area contributed by atoms with Crippen molar-refractivity contribution in [2.75, 3.05) is 11.9 Å². The van der Waals surface area contributed by atoms with Gasteiger partial charge >= 0.3 is 5.97 Å². The monoisotopic (exact) mass is 711 g/mol. The number of ether oxygens (including phenoxy) is 1. The number of sulfonamides is 1. The first kappa shape index (κ1) is 35.6. The molecule has 2 N–H and O–H groups in total. The number of amides is 1. The van der Waals surface area contributed by atoms with Gasteiger partial charge < -0.3 is 15.2 Å². The van der Waals surface area contributed by atoms with Gasteiger partial charge in [0, 0.05) is 19.0 Å². The second kappa shape index (κ2) is 13.8. The molecular formula is C37H41N7O6S. The molecule has 5 aromatic rings. The van der Waals surface area contributed by atoms with Gasteiger partial charge in [0.15, 0.2) is 0 Å². The number of carboxylic acids is 1. The molecule has 6 rings (SSSR count). The molecule has 1 amide bonds. The fraction of sp³-hybridized carbons (Fsp3) is 0.351. The molecule has 0 radical (unpaired) electrons. The number of fused-ring (bicyclic) bond motifs is 2. The van der Waals surface area contributed by atoms with Gasteiger partial charge in [0.1, 0.15) is 22.3 Å². The maximum Gasteiger partial charge on any atom is 0.373 e. The van der Waals surface area contributed by atoms with Gasteiger partial charge in [0.25, 0.3) is 0 Å². The van der Waals surface area contributed by atoms with Gasteiger partial charge in [-0.25, -0.2) is 27.9 Å². The Bertz CT molecular complexity index is 2230. The van der Waals surface area contributed by atoms with E-state index in [4.69, 9.17) is 4.74 Å². The molecule has 0 aliphatic carbocycles. The van der Waals surface area contributed by atoms with Crippen LogP contribution < -0.4 is 10.1 Å². The molecule has 14 heteroatoms. The number of nitrogens with one attached hydrogen (secondary N) is 1. The first-order chi connectivity index (χ1) is 24.3. The molecule has 2 aromatic heterocycles. The van der Waals surface area contributed by atoms with Gasteiger partial charge in [0.2, 0.25) is 21.8 Å². The lowest BCUT2D eigenvalue weighted by atomic mass is 9.69. The average molecular weight is 712 g/mol. The Morgan fingerprint density at radius 3 is 2.47 bits per heavy atom. The number of rotatable bonds is 10. The van der Waals surface area contributed by atoms with Crippen LogP contribution in [0.2, 0.25) is 0 Å². The molecule has 13 nitrogen and oxygen atoms in total. The first-order valence-corrected chi connectivity index (χ1v) is 18.2. The summed E-state index contributed by atoms with van der Waals surface area (Å²) in [5.74, 6) is -2.20. The quantitative estimate of drug-likeness (QED) is 0.183. The predicted molar refractivity (Wildman–Crippen MR) is 191 cm³/mol. The molecular weight excluding hydrogens is 671 g/mol. The highest BCUT2D eigenvalue weighted by molar-refractivity contribution is 7.89. The number of hydrogen-bond acceptors (Lipinski definition) is 9. The minimum absolute atomic E-state index is 0.103. The third-order valence-corrected chi connectivity index (χ3v) is 11.5. The molecule has 0 spiro atoms. The topological polar surface area (TPSA) is 169 Å². The number of carboxylic acid groups (broad SMARTS) is 1. The minimum Gasteiger partial charge on any atom is -0.488 e. The number of carbonyl (C=O) groups excluding carboxylic acids is 1. The molecule has 0 saturated carbocycles. The van der Waals surface area contributed by atoms with Crippen LogP contribution in [-0.2, 0) is 27.9 Å². The van der Waals surface area contributed by atoms with Crippen LogP contribution >= 0.6 is 0 Å². The summed E-state index contributed by atoms with van der Waals surface area (Å²) in [4.78, 5) is 33.4. The van der Waals surface area contributed by atoms with E-state index >= 15 is 0 Å². The van der Waals surface area contributed by atoms with Crippen LogP contribution in [0, 0.1) is 19.3 Å². The van der Waals surface area contributed by atoms with E-state index in [9.17, 15) is 23.1 Å². The van der Waals surface area contributed by atoms with Crippen molar-refractivity contribution in [2.45, 2.75) is 78.0 Å². The molecule has 0 fully saturated rings. The Labute approximate surface area is 296 Å². The van der Waals surface area contributed by atoms with E-state index in [1.165, 1.54) is 16.7 Å². The number of carbonyl (C=O) groups is 2. The van der Waals surface area contributed by atoms with Crippen LogP contribution in [0.3, 0.4) is 0 Å². The van der Waals surface area contributed by atoms with E-state index in [2.05, 4.69) is 25.6 Å². The molecule has 3 aromatic carbocycles. The Morgan fingerprint density at radius 1 is 1.06 bits per heavy atom. The predicted octanol–water partition coefficient (Wildman–Crippen LogP) is 5.71. The van der Waals surface area contributed by atoms with Crippen molar-refractivity contribution in [3.63, 3.8) is 0 Å². The molecule has 0 bridgehead atoms. The van der Waals surface area contributed by atoms with Gasteiger partial charge in [-0.3, -0.25) is 4.79 Å². The summed E-state index contributed by atoms with van der Waals surface area (Å²) < 4.78 is 37.5. The largest absolute Gasteiger partial charge is 0.488 e. The van der Waals surface area contributed by atoms with Crippen LogP contribution in [0.15, 0.2) is 71.9 Å². The SMILES string of the molecule is CC[C@@H]1CN(Cc2cc(C(c3ccc4c(nnn4CC)c3C)C(C)(C)C(=O)Nc3cnc(C(=O)O)nc3)ccc2C)S(=O)(=O)c2ccccc2O1. The summed E-state index contributed by atoms with van der Waals surface area (Å²) in [6.45, 7) is 12.5. The zero-order valence-corrected chi connectivity index (χ0v) is 30.2. The third kappa shape index (κ3) is 6.68. The van der Waals surface area contributed by atoms with Gasteiger partial charge in [-0.05, 0) is 73.2 Å². The van der Waals surface area contributed by atoms with E-state index in [1.807, 2.05) is 76.6 Å². The summed E-state index contributed by atoms with van der Waals surface area (Å²) in [6.07, 6.45) is 2.81. The van der Waals surface area contributed by atoms with Crippen LogP contribution in [0.1, 0.15) is 78.5 Å². The van der Waals surface area contributed by atoms with Gasteiger partial charge in [-0.15, -0.1) is 5.10 Å². The highest BCUT2D eigenvalue weighted by Gasteiger charge is 2.41. The van der Waals surface area contributed by atoms with Crippen molar-refractivity contribution in [1.82, 2.24) is 29.3 Å². The number of aryl methyl sites for hydroxylation is 3. The van der Waals surface area contributed by atoms with Crippen LogP contribution in [0.5, 0.6) is 5.75 Å². The van der Waals surface area contributed by atoms with Gasteiger partial charge in [0.05, 0.1) is 35.6 Å². The van der Waals surface area contributed by atoms with Crippen LogP contribution in [-0.4, -0.2) is 67.3 Å². The molecule has 2 atom stereocenters. The normalized spacial score (nSPS) is 16.5. The van der Waals surface area contributed by atoms with Crippen LogP contribution in [0.4, 0.5) is 5.69 Å². The van der Waals surface area contributed by atoms with Crippen molar-refractivity contribution >= 4 is 38.6 Å². The molecule has 0 saturated heterocycles. The highest BCUT2D eigenvalue weighted by atomic mass is 32.2. The molecule has 1 aliphatic rings. The van der Waals surface area contributed by atoms with Crippen molar-refractivity contribution in [2.24, 2.45) is 5.41 Å². The lowest BCUT2D eigenvalue weighted by Gasteiger charge is -2.35. The number of aromatic carboxylic acids is 1. The summed E-state index contributed by atoms with van der Waals surface area (Å²) in [7, 11) is -3.90. The fourth-order valence-corrected chi connectivity index (χ4v) is 8.25. The standard InChI is InChI=1S/C37H41N7O6S/c1-7-27-21-43(51(48,49)31-12-10-9-11-30(31)50-27)20-25-17-24(14-13-22(25)3)32(28-15-16-29-33(23(28)4)41-42-44(29)8-2)37(5,6)36(47)40-26-18-38-34(35(45)46)39-19-26/h9-19,27,32H,7-8,20-21H2,1-6H3,(H,40,47)(H,45,46)/t27-,32?/m1/s1. The summed E-state index contributed by atoms with van der Waals surface area (Å²) >= 11 is 0. The Morgan fingerprint density at radius 2 is 1.78 bits per heavy atom. The Balaban J connectivity index is 1.44. The van der Waals surface area contributed by atoms with E-state index in [-0.39, 0.29) is 41.5 Å². The number of para-hydroxylation sites is 1. The van der Waals surface area contributed by atoms with Gasteiger partial charge in [-0.1, -0.05) is 62.4 Å². The Hall–Kier alpha value is -5.21. The van der Waals surface area contributed by atoms with E-state index < -0.39 is 27.3 Å². The van der Waals surface area contributed by atoms with E-state index in [1.54, 1.807) is 24.3 Å². The van der Waals surface area contributed by atoms with Crippen LogP contribution in [0.25, 0.3) is 11.0 Å². The smallest absolute Gasteiger partial charge is 0.373 e. The van der Waals surface area contributed by atoms with E-state index in [0.717, 1.165) is 38.9 Å². The fourth-order valence-electron chi connectivity index (χ4n) is 6.68. The average Bonchev–Trinajstić information content (AvgIpc) is 3.50. The van der Waals surface area contributed by atoms with E-state index in [0.29, 0.717) is 18.7 Å². The lowest BCUT2D eigenvalue weighted by Crippen LogP contribution is -2.38. The zero-order valence-electron chi connectivity index (χ0n) is 29.4. The number of aromatic nitrogens is 5. The van der Waals surface area contributed by atoms with Crippen molar-refractivity contribution in [3.8, 4) is 5.75 Å². The third-order valence-electron chi connectivity index (χ3n) is 9.68. The highest BCUT2D eigenvalue weighted by Crippen LogP contribution is 2.45. The van der Waals surface area contributed by atoms with Crippen molar-refractivity contribution in [3.05, 3.63) is 101 Å². The molecule has 266 valence electrons. The second-order valence-electron chi connectivity index (χ2n) is 13.3. The summed E-state index contributed by atoms with van der Waals surface area (Å²) in [5.41, 5.74) is 4.94. The number of anilines is 1. The first-order valence-electron chi connectivity index (χ1n) is 16.8. The summed E-state index contributed by atoms with van der Waals surface area (Å²) in [5, 5.41) is 20.9. The van der Waals surface area contributed by atoms with Crippen molar-refractivity contribution in [1.29, 1.82) is 0 Å². The number of nitrogens with zero attached hydrogens (tertiary/aromatic N) is 6. The molecule has 1 aliphatic heterocycles. The maximum absolute atomic E-state index is 14.2. The number of hydrogen-bond donors (Lipinski definition) is 2.